The first-order valence-corrected chi connectivity index (χ1v) is 4.56. The Morgan fingerprint density at radius 1 is 1.25 bits per heavy atom. The molecule has 0 saturated heterocycles. The van der Waals surface area contributed by atoms with Crippen LogP contribution in [0.3, 0.4) is 0 Å². The topological polar surface area (TPSA) is 17.1 Å². The highest BCUT2D eigenvalue weighted by atomic mass is 32.1. The molecule has 0 aliphatic heterocycles. The number of thiophene rings is 1. The van der Waals surface area contributed by atoms with Gasteiger partial charge in [0, 0.05) is 0 Å². The van der Waals surface area contributed by atoms with Gasteiger partial charge in [0.15, 0.2) is 5.78 Å². The Labute approximate surface area is 76.4 Å². The first-order chi connectivity index (χ1) is 5.88. The average Bonchev–Trinajstić information content (AvgIpc) is 2.77. The molecule has 0 spiro atoms. The smallest absolute Gasteiger partial charge is 0.180 e. The average molecular weight is 175 g/mol. The zero-order valence-electron chi connectivity index (χ0n) is 6.36. The number of hydrogen-bond donors (Lipinski definition) is 0. The minimum Gasteiger partial charge on any atom is -0.293 e. The molecule has 5 radical (unpaired) electrons. The largest absolute Gasteiger partial charge is 0.293 e. The van der Waals surface area contributed by atoms with E-state index >= 15 is 0 Å². The summed E-state index contributed by atoms with van der Waals surface area (Å²) in [6.45, 7) is 0. The summed E-state index contributed by atoms with van der Waals surface area (Å²) in [5.74, 6) is 0.896. The molecule has 0 N–H and O–H groups in total. The molecule has 2 rings (SSSR count). The van der Waals surface area contributed by atoms with Gasteiger partial charge in [-0.25, -0.2) is 0 Å². The quantitative estimate of drug-likeness (QED) is 0.630. The van der Waals surface area contributed by atoms with Crippen molar-refractivity contribution in [2.24, 2.45) is 0 Å². The van der Waals surface area contributed by atoms with Crippen molar-refractivity contribution in [3.05, 3.63) is 54.0 Å². The van der Waals surface area contributed by atoms with Crippen molar-refractivity contribution in [3.8, 4) is 0 Å². The number of hydrogen-bond acceptors (Lipinski definition) is 2. The molecule has 1 aromatic rings. The van der Waals surface area contributed by atoms with E-state index in [-0.39, 0.29) is 5.78 Å². The van der Waals surface area contributed by atoms with Crippen LogP contribution in [0.2, 0.25) is 0 Å². The summed E-state index contributed by atoms with van der Waals surface area (Å²) in [6, 6.07) is 3.74. The summed E-state index contributed by atoms with van der Waals surface area (Å²) in [6.07, 6.45) is 7.42. The second-order valence-electron chi connectivity index (χ2n) is 2.48. The summed E-state index contributed by atoms with van der Waals surface area (Å²) >= 11 is 1.48. The maximum atomic E-state index is 11.6. The van der Waals surface area contributed by atoms with Crippen LogP contribution < -0.4 is 0 Å². The summed E-state index contributed by atoms with van der Waals surface area (Å²) in [5.41, 5.74) is 0. The molecular weight excluding hydrogens is 168 g/mol. The van der Waals surface area contributed by atoms with Crippen molar-refractivity contribution >= 4 is 17.1 Å². The second kappa shape index (κ2) is 3.40. The highest BCUT2D eigenvalue weighted by molar-refractivity contribution is 7.12. The molecule has 0 bridgehead atoms. The Bertz CT molecular complexity index is 257. The van der Waals surface area contributed by atoms with E-state index in [0.29, 0.717) is 0 Å². The van der Waals surface area contributed by atoms with Gasteiger partial charge in [-0.05, 0) is 37.1 Å². The Balaban J connectivity index is 2.09. The summed E-state index contributed by atoms with van der Waals surface area (Å²) in [7, 11) is 0. The van der Waals surface area contributed by atoms with Crippen LogP contribution in [-0.4, -0.2) is 5.78 Å². The van der Waals surface area contributed by atoms with Gasteiger partial charge in [-0.2, -0.15) is 0 Å². The number of carbonyl (C=O) groups excluding carboxylic acids is 1. The van der Waals surface area contributed by atoms with Crippen molar-refractivity contribution in [2.45, 2.75) is 0 Å². The lowest BCUT2D eigenvalue weighted by Gasteiger charge is -2.02. The summed E-state index contributed by atoms with van der Waals surface area (Å²) in [5, 5.41) is 1.91. The predicted molar refractivity (Wildman–Crippen MR) is 49.1 cm³/mol. The van der Waals surface area contributed by atoms with Crippen LogP contribution in [0.15, 0.2) is 17.5 Å². The van der Waals surface area contributed by atoms with Crippen LogP contribution in [0.5, 0.6) is 0 Å². The third kappa shape index (κ3) is 1.44. The van der Waals surface area contributed by atoms with Crippen molar-refractivity contribution in [2.75, 3.05) is 0 Å². The highest BCUT2D eigenvalue weighted by Crippen LogP contribution is 2.28. The van der Waals surface area contributed by atoms with Crippen molar-refractivity contribution in [1.82, 2.24) is 0 Å². The third-order valence-electron chi connectivity index (χ3n) is 1.67. The van der Waals surface area contributed by atoms with E-state index in [1.165, 1.54) is 11.3 Å². The second-order valence-corrected chi connectivity index (χ2v) is 3.43. The third-order valence-corrected chi connectivity index (χ3v) is 2.54. The normalized spacial score (nSPS) is 18.3. The monoisotopic (exact) mass is 175 g/mol. The zero-order chi connectivity index (χ0) is 8.39. The maximum Gasteiger partial charge on any atom is 0.180 e. The Hall–Kier alpha value is -0.630. The van der Waals surface area contributed by atoms with Gasteiger partial charge in [0.25, 0.3) is 0 Å². The number of Topliss-reactive ketones (excluding diaryl/α,β-unsaturated/α-hetero) is 1. The molecule has 59 valence electrons. The molecule has 0 atom stereocenters. The highest BCUT2D eigenvalue weighted by Gasteiger charge is 2.25. The summed E-state index contributed by atoms with van der Waals surface area (Å²) in [4.78, 5) is 12.4. The molecule has 0 unspecified atom stereocenters. The van der Waals surface area contributed by atoms with E-state index < -0.39 is 0 Å². The molecule has 1 nitrogen and oxygen atoms in total. The van der Waals surface area contributed by atoms with Gasteiger partial charge in [-0.15, -0.1) is 11.3 Å². The lowest BCUT2D eigenvalue weighted by Crippen LogP contribution is -2.07. The van der Waals surface area contributed by atoms with Crippen LogP contribution in [0, 0.1) is 31.6 Å². The molecule has 2 heteroatoms. The van der Waals surface area contributed by atoms with E-state index in [4.69, 9.17) is 0 Å². The fraction of sp³-hybridized carbons (Fsp3) is 0. The lowest BCUT2D eigenvalue weighted by molar-refractivity contribution is 0.102. The zero-order valence-corrected chi connectivity index (χ0v) is 7.17. The molecular formula is C10H7OS. The van der Waals surface area contributed by atoms with Crippen LogP contribution in [0.1, 0.15) is 9.67 Å². The fourth-order valence-electron chi connectivity index (χ4n) is 1.08. The van der Waals surface area contributed by atoms with Gasteiger partial charge in [0.2, 0.25) is 0 Å². The molecule has 1 fully saturated rings. The van der Waals surface area contributed by atoms with Crippen molar-refractivity contribution in [1.29, 1.82) is 0 Å². The van der Waals surface area contributed by atoms with E-state index in [9.17, 15) is 4.79 Å². The minimum atomic E-state index is 0.120. The Morgan fingerprint density at radius 3 is 2.58 bits per heavy atom. The molecule has 0 amide bonds. The molecule has 1 aromatic heterocycles. The minimum absolute atomic E-state index is 0.120. The van der Waals surface area contributed by atoms with Gasteiger partial charge in [-0.1, -0.05) is 6.07 Å². The fourth-order valence-corrected chi connectivity index (χ4v) is 1.76. The Kier molecular flexibility index (Phi) is 2.26. The van der Waals surface area contributed by atoms with Crippen LogP contribution >= 0.6 is 11.3 Å². The summed E-state index contributed by atoms with van der Waals surface area (Å²) < 4.78 is 0. The van der Waals surface area contributed by atoms with E-state index in [1.807, 2.05) is 43.2 Å². The Morgan fingerprint density at radius 2 is 2.00 bits per heavy atom. The molecule has 1 saturated carbocycles. The van der Waals surface area contributed by atoms with Gasteiger partial charge in [0.05, 0.1) is 10.8 Å². The molecule has 1 aliphatic rings. The van der Waals surface area contributed by atoms with Gasteiger partial charge >= 0.3 is 0 Å². The first-order valence-electron chi connectivity index (χ1n) is 3.68. The number of carbonyl (C=O) groups is 1. The lowest BCUT2D eigenvalue weighted by atomic mass is 10.0. The number of ketones is 1. The van der Waals surface area contributed by atoms with Crippen molar-refractivity contribution < 1.29 is 4.79 Å². The van der Waals surface area contributed by atoms with Crippen LogP contribution in [-0.2, 0) is 0 Å². The van der Waals surface area contributed by atoms with E-state index in [1.54, 1.807) is 0 Å². The van der Waals surface area contributed by atoms with Crippen molar-refractivity contribution in [3.63, 3.8) is 0 Å². The molecule has 12 heavy (non-hydrogen) atoms. The van der Waals surface area contributed by atoms with Gasteiger partial charge < -0.3 is 0 Å². The van der Waals surface area contributed by atoms with Gasteiger partial charge in [-0.3, -0.25) is 4.79 Å². The van der Waals surface area contributed by atoms with Crippen LogP contribution in [0.25, 0.3) is 0 Å². The van der Waals surface area contributed by atoms with E-state index in [0.717, 1.165) is 10.8 Å². The maximum absolute atomic E-state index is 11.6. The predicted octanol–water partition coefficient (Wildman–Crippen LogP) is 2.34. The van der Waals surface area contributed by atoms with Gasteiger partial charge in [0.1, 0.15) is 0 Å². The molecule has 1 heterocycles. The first kappa shape index (κ1) is 7.99. The molecule has 1 aliphatic carbocycles. The van der Waals surface area contributed by atoms with Crippen LogP contribution in [0.4, 0.5) is 0 Å². The number of rotatable bonds is 2. The standard InChI is InChI=1S/C10H7OS/c11-10(8-4-1-2-5-8)9-6-3-7-12-9/h1-7H. The SMILES string of the molecule is O=C([C]1[CH][CH][CH][CH]1)c1cccs1. The molecule has 0 aromatic carbocycles. The van der Waals surface area contributed by atoms with E-state index in [2.05, 4.69) is 0 Å².